The second-order valence-electron chi connectivity index (χ2n) is 5.71. The van der Waals surface area contributed by atoms with Crippen LogP contribution in [0.2, 0.25) is 0 Å². The number of aromatic nitrogens is 2. The third kappa shape index (κ3) is 3.72. The van der Waals surface area contributed by atoms with E-state index < -0.39 is 17.8 Å². The maximum absolute atomic E-state index is 13.8. The number of amides is 1. The summed E-state index contributed by atoms with van der Waals surface area (Å²) in [5.41, 5.74) is 1.44. The average Bonchev–Trinajstić information content (AvgIpc) is 3.12. The molecule has 1 atom stereocenters. The van der Waals surface area contributed by atoms with Gasteiger partial charge in [-0.3, -0.25) is 4.79 Å². The second kappa shape index (κ2) is 7.35. The highest BCUT2D eigenvalue weighted by atomic mass is 19.1. The van der Waals surface area contributed by atoms with Gasteiger partial charge < -0.3 is 10.1 Å². The summed E-state index contributed by atoms with van der Waals surface area (Å²) >= 11 is 0. The Bertz CT molecular complexity index is 923. The SMILES string of the molecule is COc1ccc(C(C)NC(=O)c2ccn(-c3ccc(F)cc3)n2)cc1F. The summed E-state index contributed by atoms with van der Waals surface area (Å²) in [6.45, 7) is 1.75. The summed E-state index contributed by atoms with van der Waals surface area (Å²) in [4.78, 5) is 12.4. The lowest BCUT2D eigenvalue weighted by atomic mass is 10.1. The molecule has 5 nitrogen and oxygen atoms in total. The first-order chi connectivity index (χ1) is 12.5. The van der Waals surface area contributed by atoms with Crippen molar-refractivity contribution in [3.63, 3.8) is 0 Å². The molecule has 3 rings (SSSR count). The van der Waals surface area contributed by atoms with E-state index in [2.05, 4.69) is 10.4 Å². The van der Waals surface area contributed by atoms with Crippen molar-refractivity contribution in [1.82, 2.24) is 15.1 Å². The summed E-state index contributed by atoms with van der Waals surface area (Å²) in [5.74, 6) is -1.09. The van der Waals surface area contributed by atoms with Crippen molar-refractivity contribution >= 4 is 5.91 Å². The molecule has 1 aromatic heterocycles. The monoisotopic (exact) mass is 357 g/mol. The van der Waals surface area contributed by atoms with Crippen LogP contribution in [0.5, 0.6) is 5.75 Å². The van der Waals surface area contributed by atoms with Gasteiger partial charge in [0.25, 0.3) is 5.91 Å². The van der Waals surface area contributed by atoms with Crippen LogP contribution in [0.15, 0.2) is 54.7 Å². The minimum Gasteiger partial charge on any atom is -0.494 e. The molecule has 134 valence electrons. The van der Waals surface area contributed by atoms with Crippen LogP contribution in [0.25, 0.3) is 5.69 Å². The van der Waals surface area contributed by atoms with Crippen LogP contribution in [0.4, 0.5) is 8.78 Å². The topological polar surface area (TPSA) is 56.1 Å². The number of methoxy groups -OCH3 is 1. The number of nitrogens with zero attached hydrogens (tertiary/aromatic N) is 2. The van der Waals surface area contributed by atoms with Crippen molar-refractivity contribution in [1.29, 1.82) is 0 Å². The summed E-state index contributed by atoms with van der Waals surface area (Å²) in [6.07, 6.45) is 1.61. The van der Waals surface area contributed by atoms with E-state index in [4.69, 9.17) is 4.74 Å². The summed E-state index contributed by atoms with van der Waals surface area (Å²) < 4.78 is 33.2. The summed E-state index contributed by atoms with van der Waals surface area (Å²) in [5, 5.41) is 6.96. The van der Waals surface area contributed by atoms with Gasteiger partial charge >= 0.3 is 0 Å². The van der Waals surface area contributed by atoms with E-state index in [9.17, 15) is 13.6 Å². The largest absolute Gasteiger partial charge is 0.494 e. The third-order valence-electron chi connectivity index (χ3n) is 3.94. The minimum absolute atomic E-state index is 0.144. The maximum Gasteiger partial charge on any atom is 0.272 e. The van der Waals surface area contributed by atoms with E-state index in [1.807, 2.05) is 0 Å². The van der Waals surface area contributed by atoms with Gasteiger partial charge in [0, 0.05) is 6.20 Å². The van der Waals surface area contributed by atoms with Crippen molar-refractivity contribution < 1.29 is 18.3 Å². The molecule has 0 saturated heterocycles. The fraction of sp³-hybridized carbons (Fsp3) is 0.158. The van der Waals surface area contributed by atoms with Gasteiger partial charge in [-0.2, -0.15) is 5.10 Å². The normalized spacial score (nSPS) is 11.8. The van der Waals surface area contributed by atoms with Gasteiger partial charge in [-0.05, 0) is 55.0 Å². The fourth-order valence-corrected chi connectivity index (χ4v) is 2.49. The Hall–Kier alpha value is -3.22. The van der Waals surface area contributed by atoms with Crippen molar-refractivity contribution in [3.8, 4) is 11.4 Å². The van der Waals surface area contributed by atoms with Crippen LogP contribution in [0.3, 0.4) is 0 Å². The Morgan fingerprint density at radius 1 is 1.15 bits per heavy atom. The number of carbonyl (C=O) groups excluding carboxylic acids is 1. The van der Waals surface area contributed by atoms with E-state index in [-0.39, 0.29) is 17.3 Å². The summed E-state index contributed by atoms with van der Waals surface area (Å²) in [6, 6.07) is 11.4. The number of halogens is 2. The molecule has 0 bridgehead atoms. The van der Waals surface area contributed by atoms with Gasteiger partial charge in [0.1, 0.15) is 5.82 Å². The zero-order valence-corrected chi connectivity index (χ0v) is 14.2. The predicted octanol–water partition coefficient (Wildman–Crippen LogP) is 3.65. The Morgan fingerprint density at radius 2 is 1.88 bits per heavy atom. The number of ether oxygens (including phenoxy) is 1. The maximum atomic E-state index is 13.8. The second-order valence-corrected chi connectivity index (χ2v) is 5.71. The van der Waals surface area contributed by atoms with E-state index in [1.54, 1.807) is 37.4 Å². The average molecular weight is 357 g/mol. The molecular weight excluding hydrogens is 340 g/mol. The van der Waals surface area contributed by atoms with Crippen LogP contribution in [0, 0.1) is 11.6 Å². The highest BCUT2D eigenvalue weighted by Gasteiger charge is 2.16. The molecule has 0 aliphatic heterocycles. The molecular formula is C19H17F2N3O2. The molecule has 1 heterocycles. The van der Waals surface area contributed by atoms with Crippen LogP contribution in [-0.4, -0.2) is 22.8 Å². The molecule has 3 aromatic rings. The fourth-order valence-electron chi connectivity index (χ4n) is 2.49. The number of nitrogens with one attached hydrogen (secondary N) is 1. The zero-order valence-electron chi connectivity index (χ0n) is 14.2. The molecule has 1 N–H and O–H groups in total. The van der Waals surface area contributed by atoms with E-state index in [0.29, 0.717) is 11.3 Å². The lowest BCUT2D eigenvalue weighted by molar-refractivity contribution is 0.0934. The molecule has 7 heteroatoms. The highest BCUT2D eigenvalue weighted by Crippen LogP contribution is 2.22. The Labute approximate surface area is 149 Å². The van der Waals surface area contributed by atoms with Gasteiger partial charge in [-0.15, -0.1) is 0 Å². The summed E-state index contributed by atoms with van der Waals surface area (Å²) in [7, 11) is 1.39. The molecule has 0 fully saturated rings. The van der Waals surface area contributed by atoms with Crippen LogP contribution < -0.4 is 10.1 Å². The first-order valence-electron chi connectivity index (χ1n) is 7.94. The molecule has 1 unspecified atom stereocenters. The van der Waals surface area contributed by atoms with Crippen LogP contribution >= 0.6 is 0 Å². The lowest BCUT2D eigenvalue weighted by Gasteiger charge is -2.14. The van der Waals surface area contributed by atoms with Crippen molar-refractivity contribution in [2.24, 2.45) is 0 Å². The van der Waals surface area contributed by atoms with Crippen LogP contribution in [-0.2, 0) is 0 Å². The number of hydrogen-bond acceptors (Lipinski definition) is 3. The van der Waals surface area contributed by atoms with E-state index in [1.165, 1.54) is 36.1 Å². The lowest BCUT2D eigenvalue weighted by Crippen LogP contribution is -2.27. The smallest absolute Gasteiger partial charge is 0.272 e. The van der Waals surface area contributed by atoms with E-state index >= 15 is 0 Å². The van der Waals surface area contributed by atoms with Gasteiger partial charge in [-0.1, -0.05) is 6.07 Å². The first kappa shape index (κ1) is 17.6. The number of carbonyl (C=O) groups is 1. The third-order valence-corrected chi connectivity index (χ3v) is 3.94. The minimum atomic E-state index is -0.494. The number of benzene rings is 2. The molecule has 2 aromatic carbocycles. The first-order valence-corrected chi connectivity index (χ1v) is 7.94. The molecule has 26 heavy (non-hydrogen) atoms. The van der Waals surface area contributed by atoms with Crippen molar-refractivity contribution in [2.75, 3.05) is 7.11 Å². The highest BCUT2D eigenvalue weighted by molar-refractivity contribution is 5.92. The Balaban J connectivity index is 1.72. The van der Waals surface area contributed by atoms with Gasteiger partial charge in [0.05, 0.1) is 18.8 Å². The Kier molecular flexibility index (Phi) is 4.97. The quantitative estimate of drug-likeness (QED) is 0.758. The molecule has 0 aliphatic rings. The molecule has 1 amide bonds. The number of hydrogen-bond donors (Lipinski definition) is 1. The molecule has 0 saturated carbocycles. The predicted molar refractivity (Wildman–Crippen MR) is 92.4 cm³/mol. The van der Waals surface area contributed by atoms with Gasteiger partial charge in [-0.25, -0.2) is 13.5 Å². The Morgan fingerprint density at radius 3 is 2.54 bits per heavy atom. The standard InChI is InChI=1S/C19H17F2N3O2/c1-12(13-3-8-18(26-2)16(21)11-13)22-19(25)17-9-10-24(23-17)15-6-4-14(20)5-7-15/h3-12H,1-2H3,(H,22,25). The van der Waals surface area contributed by atoms with Crippen molar-refractivity contribution in [3.05, 3.63) is 77.6 Å². The molecule has 0 aliphatic carbocycles. The van der Waals surface area contributed by atoms with Crippen molar-refractivity contribution in [2.45, 2.75) is 13.0 Å². The van der Waals surface area contributed by atoms with Gasteiger partial charge in [0.2, 0.25) is 0 Å². The van der Waals surface area contributed by atoms with Gasteiger partial charge in [0.15, 0.2) is 17.3 Å². The number of rotatable bonds is 5. The van der Waals surface area contributed by atoms with Crippen LogP contribution in [0.1, 0.15) is 29.0 Å². The zero-order chi connectivity index (χ0) is 18.7. The van der Waals surface area contributed by atoms with E-state index in [0.717, 1.165) is 0 Å². The molecule has 0 spiro atoms. The molecule has 0 radical (unpaired) electrons.